The van der Waals surface area contributed by atoms with Crippen molar-refractivity contribution in [3.8, 4) is 0 Å². The highest BCUT2D eigenvalue weighted by Crippen LogP contribution is 2.34. The average molecular weight is 581 g/mol. The molecule has 2 aliphatic rings. The maximum absolute atomic E-state index is 12.8. The number of carbonyl (C=O) groups excluding carboxylic acids is 2. The second-order valence-corrected chi connectivity index (χ2v) is 9.72. The Hall–Kier alpha value is -3.51. The quantitative estimate of drug-likeness (QED) is 0.177. The normalized spacial score (nSPS) is 28.8. The summed E-state index contributed by atoms with van der Waals surface area (Å²) in [5.41, 5.74) is 4.39. The Bertz CT molecular complexity index is 1380. The number of amides is 2. The van der Waals surface area contributed by atoms with Gasteiger partial charge in [0, 0.05) is 30.0 Å². The van der Waals surface area contributed by atoms with E-state index in [1.165, 1.54) is 18.9 Å². The number of aromatic amines is 1. The number of nitrogens with one attached hydrogen (secondary N) is 2. The molecule has 1 saturated heterocycles. The fourth-order valence-electron chi connectivity index (χ4n) is 4.25. The molecule has 16 heteroatoms. The minimum absolute atomic E-state index is 0.409. The summed E-state index contributed by atoms with van der Waals surface area (Å²) in [4.78, 5) is 51.9. The van der Waals surface area contributed by atoms with E-state index in [-0.39, 0.29) is 0 Å². The zero-order chi connectivity index (χ0) is 29.1. The molecule has 0 aliphatic carbocycles. The van der Waals surface area contributed by atoms with Crippen LogP contribution in [0, 0.1) is 0 Å². The summed E-state index contributed by atoms with van der Waals surface area (Å²) in [7, 11) is 1.20. The lowest BCUT2D eigenvalue weighted by molar-refractivity contribution is -0.241. The minimum Gasteiger partial charge on any atom is -0.456 e. The van der Waals surface area contributed by atoms with E-state index in [4.69, 9.17) is 24.7 Å². The summed E-state index contributed by atoms with van der Waals surface area (Å²) >= 11 is 1.52. The molecule has 2 aliphatic heterocycles. The molecule has 15 nitrogen and oxygen atoms in total. The van der Waals surface area contributed by atoms with Crippen molar-refractivity contribution >= 4 is 29.3 Å². The van der Waals surface area contributed by atoms with Gasteiger partial charge in [0.25, 0.3) is 11.5 Å². The fourth-order valence-corrected chi connectivity index (χ4v) is 4.66. The van der Waals surface area contributed by atoms with Crippen LogP contribution in [-0.2, 0) is 28.5 Å². The predicted octanol–water partition coefficient (Wildman–Crippen LogP) is -2.00. The van der Waals surface area contributed by atoms with E-state index in [1.54, 1.807) is 24.3 Å². The Labute approximate surface area is 230 Å². The van der Waals surface area contributed by atoms with Gasteiger partial charge in [-0.15, -0.1) is 11.8 Å². The SMILES string of the molecule is CO[C@H]1[C@@H](O)[C@H](n2ccc(=O)[nH]c2=O)O[C@@H]1[C@@H](O[C@H]1OC(C(=O)Nc2ccc(SC)cc2)=C[C@H](O)[C@@H]1O)C(N)=O. The monoisotopic (exact) mass is 580 g/mol. The second-order valence-electron chi connectivity index (χ2n) is 8.84. The molecule has 1 aromatic carbocycles. The van der Waals surface area contributed by atoms with Crippen molar-refractivity contribution in [2.45, 2.75) is 54.0 Å². The van der Waals surface area contributed by atoms with Gasteiger partial charge in [-0.1, -0.05) is 0 Å². The number of aliphatic hydroxyl groups excluding tert-OH is 3. The molecule has 3 heterocycles. The number of ether oxygens (including phenoxy) is 4. The van der Waals surface area contributed by atoms with Crippen LogP contribution >= 0.6 is 11.8 Å². The largest absolute Gasteiger partial charge is 0.456 e. The van der Waals surface area contributed by atoms with Crippen LogP contribution in [0.3, 0.4) is 0 Å². The lowest BCUT2D eigenvalue weighted by Crippen LogP contribution is -2.53. The molecule has 1 aromatic heterocycles. The molecule has 0 saturated carbocycles. The van der Waals surface area contributed by atoms with E-state index in [2.05, 4.69) is 5.32 Å². The van der Waals surface area contributed by atoms with Crippen LogP contribution in [0.25, 0.3) is 0 Å². The van der Waals surface area contributed by atoms with E-state index in [1.807, 2.05) is 11.2 Å². The number of anilines is 1. The highest BCUT2D eigenvalue weighted by Gasteiger charge is 2.52. The summed E-state index contributed by atoms with van der Waals surface area (Å²) in [5.74, 6) is -2.31. The minimum atomic E-state index is -1.79. The molecule has 0 spiro atoms. The third-order valence-corrected chi connectivity index (χ3v) is 7.02. The van der Waals surface area contributed by atoms with Gasteiger partial charge < -0.3 is 45.3 Å². The molecule has 0 radical (unpaired) electrons. The third kappa shape index (κ3) is 6.12. The van der Waals surface area contributed by atoms with Crippen molar-refractivity contribution in [1.82, 2.24) is 9.55 Å². The lowest BCUT2D eigenvalue weighted by atomic mass is 10.0. The Kier molecular flexibility index (Phi) is 9.09. The van der Waals surface area contributed by atoms with Crippen LogP contribution in [0.2, 0.25) is 0 Å². The molecule has 2 amide bonds. The van der Waals surface area contributed by atoms with Gasteiger partial charge in [-0.05, 0) is 36.6 Å². The number of H-pyrrole nitrogens is 1. The standard InChI is InChI=1S/C24H28N4O11S/c1-36-17-16(32)22(28-8-7-14(30)27-24(28)35)38-18(17)19(20(25)33)39-23-15(31)12(29)9-13(37-23)21(34)26-10-3-5-11(40-2)6-4-10/h3-9,12,15-19,22-23,29,31-32H,1-2H3,(H2,25,33)(H,26,34)(H,27,30,35)/t12-,15-,16+,17-,18-,19+,22+,23+/m0/s1. The molecule has 4 rings (SSSR count). The van der Waals surface area contributed by atoms with Gasteiger partial charge in [0.1, 0.15) is 30.5 Å². The Morgan fingerprint density at radius 3 is 2.45 bits per heavy atom. The van der Waals surface area contributed by atoms with Gasteiger partial charge >= 0.3 is 5.69 Å². The van der Waals surface area contributed by atoms with Crippen molar-refractivity contribution < 1.29 is 43.9 Å². The first-order chi connectivity index (χ1) is 19.0. The highest BCUT2D eigenvalue weighted by atomic mass is 32.2. The van der Waals surface area contributed by atoms with Crippen LogP contribution in [0.1, 0.15) is 6.23 Å². The molecule has 8 atom stereocenters. The summed E-state index contributed by atoms with van der Waals surface area (Å²) in [5, 5.41) is 34.2. The van der Waals surface area contributed by atoms with E-state index in [9.17, 15) is 34.5 Å². The van der Waals surface area contributed by atoms with Gasteiger partial charge in [-0.25, -0.2) is 4.79 Å². The second kappa shape index (κ2) is 12.3. The molecule has 216 valence electrons. The number of nitrogens with two attached hydrogens (primary N) is 1. The van der Waals surface area contributed by atoms with Crippen LogP contribution in [0.15, 0.2) is 62.8 Å². The van der Waals surface area contributed by atoms with Gasteiger partial charge in [0.2, 0.25) is 12.2 Å². The van der Waals surface area contributed by atoms with Crippen LogP contribution < -0.4 is 22.3 Å². The Morgan fingerprint density at radius 1 is 1.15 bits per heavy atom. The number of nitrogens with zero attached hydrogens (tertiary/aromatic N) is 1. The zero-order valence-electron chi connectivity index (χ0n) is 21.2. The van der Waals surface area contributed by atoms with Gasteiger partial charge in [-0.3, -0.25) is 23.9 Å². The number of methoxy groups -OCH3 is 1. The summed E-state index contributed by atoms with van der Waals surface area (Å²) in [6.07, 6.45) is -8.69. The summed E-state index contributed by atoms with van der Waals surface area (Å²) < 4.78 is 23.0. The van der Waals surface area contributed by atoms with Crippen molar-refractivity contribution in [2.75, 3.05) is 18.7 Å². The van der Waals surface area contributed by atoms with Crippen molar-refractivity contribution in [3.63, 3.8) is 0 Å². The van der Waals surface area contributed by atoms with E-state index >= 15 is 0 Å². The molecule has 2 aromatic rings. The number of carbonyl (C=O) groups is 2. The third-order valence-electron chi connectivity index (χ3n) is 6.27. The lowest BCUT2D eigenvalue weighted by Gasteiger charge is -2.35. The number of aliphatic hydroxyl groups is 3. The highest BCUT2D eigenvalue weighted by molar-refractivity contribution is 7.98. The maximum Gasteiger partial charge on any atom is 0.330 e. The van der Waals surface area contributed by atoms with Crippen LogP contribution in [0.5, 0.6) is 0 Å². The molecule has 1 fully saturated rings. The maximum atomic E-state index is 12.8. The molecule has 0 unspecified atom stereocenters. The summed E-state index contributed by atoms with van der Waals surface area (Å²) in [6, 6.07) is 7.92. The molecule has 0 bridgehead atoms. The number of primary amides is 1. The number of hydrogen-bond acceptors (Lipinski definition) is 12. The van der Waals surface area contributed by atoms with Crippen LogP contribution in [-0.4, -0.2) is 93.0 Å². The first kappa shape index (κ1) is 29.5. The molecule has 7 N–H and O–H groups in total. The first-order valence-electron chi connectivity index (χ1n) is 11.9. The van der Waals surface area contributed by atoms with Crippen molar-refractivity contribution in [1.29, 1.82) is 0 Å². The van der Waals surface area contributed by atoms with Crippen molar-refractivity contribution in [3.05, 3.63) is 69.2 Å². The number of rotatable bonds is 9. The van der Waals surface area contributed by atoms with Crippen molar-refractivity contribution in [2.24, 2.45) is 5.73 Å². The van der Waals surface area contributed by atoms with Gasteiger partial charge in [0.05, 0.1) is 0 Å². The molecular weight excluding hydrogens is 552 g/mol. The van der Waals surface area contributed by atoms with Gasteiger partial charge in [-0.2, -0.15) is 0 Å². The first-order valence-corrected chi connectivity index (χ1v) is 13.1. The van der Waals surface area contributed by atoms with Gasteiger partial charge in [0.15, 0.2) is 18.1 Å². The topological polar surface area (TPSA) is 225 Å². The summed E-state index contributed by atoms with van der Waals surface area (Å²) in [6.45, 7) is 0. The number of hydrogen-bond donors (Lipinski definition) is 6. The number of thioether (sulfide) groups is 1. The molecule has 40 heavy (non-hydrogen) atoms. The number of aromatic nitrogens is 2. The fraction of sp³-hybridized carbons (Fsp3) is 0.417. The van der Waals surface area contributed by atoms with Crippen LogP contribution in [0.4, 0.5) is 5.69 Å². The van der Waals surface area contributed by atoms with E-state index in [0.717, 1.165) is 27.8 Å². The Morgan fingerprint density at radius 2 is 1.85 bits per heavy atom. The Balaban J connectivity index is 1.53. The predicted molar refractivity (Wildman–Crippen MR) is 138 cm³/mol. The molecular formula is C24H28N4O11S. The van der Waals surface area contributed by atoms with E-state index < -0.39 is 78.0 Å². The smallest absolute Gasteiger partial charge is 0.330 e. The van der Waals surface area contributed by atoms with E-state index in [0.29, 0.717) is 5.69 Å². The number of benzene rings is 1. The average Bonchev–Trinajstić information content (AvgIpc) is 3.24. The zero-order valence-corrected chi connectivity index (χ0v) is 22.0.